The third-order valence-electron chi connectivity index (χ3n) is 2.82. The highest BCUT2D eigenvalue weighted by atomic mass is 15.1. The molecule has 1 aromatic rings. The maximum absolute atomic E-state index is 5.59. The van der Waals surface area contributed by atoms with Crippen LogP contribution >= 0.6 is 0 Å². The van der Waals surface area contributed by atoms with Gasteiger partial charge in [0.15, 0.2) is 5.96 Å². The lowest BCUT2D eigenvalue weighted by Crippen LogP contribution is -2.26. The second-order valence-electron chi connectivity index (χ2n) is 4.43. The van der Waals surface area contributed by atoms with Crippen LogP contribution in [-0.2, 0) is 6.42 Å². The average Bonchev–Trinajstić information content (AvgIpc) is 2.28. The average molecular weight is 246 g/mol. The molecule has 0 saturated heterocycles. The van der Waals surface area contributed by atoms with Crippen LogP contribution in [0.2, 0.25) is 0 Å². The molecule has 18 heavy (non-hydrogen) atoms. The van der Waals surface area contributed by atoms with E-state index in [1.807, 2.05) is 18.2 Å². The number of hydrogen-bond acceptors (Lipinski definition) is 2. The number of aliphatic imine (C=N–C) groups is 2. The molecule has 2 rings (SSSR count). The topological polar surface area (TPSA) is 115 Å². The first-order valence-corrected chi connectivity index (χ1v) is 5.88. The molecule has 0 fully saturated rings. The molecule has 1 aliphatic rings. The van der Waals surface area contributed by atoms with Crippen LogP contribution in [-0.4, -0.2) is 18.0 Å². The summed E-state index contributed by atoms with van der Waals surface area (Å²) in [6.45, 7) is 2.17. The van der Waals surface area contributed by atoms with E-state index in [9.17, 15) is 0 Å². The second kappa shape index (κ2) is 4.95. The molecule has 0 aromatic heterocycles. The quantitative estimate of drug-likeness (QED) is 0.430. The molecule has 0 bridgehead atoms. The van der Waals surface area contributed by atoms with E-state index >= 15 is 0 Å². The van der Waals surface area contributed by atoms with Crippen LogP contribution in [0.5, 0.6) is 0 Å². The Morgan fingerprint density at radius 3 is 2.83 bits per heavy atom. The molecule has 0 spiro atoms. The molecule has 0 radical (unpaired) electrons. The summed E-state index contributed by atoms with van der Waals surface area (Å²) < 4.78 is 0. The van der Waals surface area contributed by atoms with E-state index in [1.165, 1.54) is 5.56 Å². The lowest BCUT2D eigenvalue weighted by molar-refractivity contribution is 0.681. The fraction of sp³-hybridized carbons (Fsp3) is 0.333. The predicted octanol–water partition coefficient (Wildman–Crippen LogP) is 0.653. The summed E-state index contributed by atoms with van der Waals surface area (Å²) in [6, 6.07) is 6.41. The summed E-state index contributed by atoms with van der Waals surface area (Å²) in [5.41, 5.74) is 19.2. The second-order valence-corrected chi connectivity index (χ2v) is 4.43. The molecule has 1 aromatic carbocycles. The van der Waals surface area contributed by atoms with E-state index in [4.69, 9.17) is 17.2 Å². The number of rotatable bonds is 1. The number of anilines is 1. The SMILES string of the molecule is CC1CCc2cc(N=C(N)N=C(N)N)ccc2N1. The first kappa shape index (κ1) is 12.2. The van der Waals surface area contributed by atoms with Crippen LogP contribution < -0.4 is 22.5 Å². The summed E-state index contributed by atoms with van der Waals surface area (Å²) in [6.07, 6.45) is 2.15. The van der Waals surface area contributed by atoms with Crippen molar-refractivity contribution < 1.29 is 0 Å². The number of benzene rings is 1. The van der Waals surface area contributed by atoms with E-state index in [0.29, 0.717) is 6.04 Å². The molecule has 1 aliphatic heterocycles. The first-order valence-electron chi connectivity index (χ1n) is 5.88. The fourth-order valence-electron chi connectivity index (χ4n) is 2.00. The summed E-state index contributed by atoms with van der Waals surface area (Å²) in [4.78, 5) is 7.83. The van der Waals surface area contributed by atoms with Crippen molar-refractivity contribution in [2.24, 2.45) is 27.2 Å². The summed E-state index contributed by atoms with van der Waals surface area (Å²) in [5, 5.41) is 3.43. The maximum Gasteiger partial charge on any atom is 0.223 e. The van der Waals surface area contributed by atoms with Crippen molar-refractivity contribution >= 4 is 23.3 Å². The fourth-order valence-corrected chi connectivity index (χ4v) is 2.00. The molecule has 0 aliphatic carbocycles. The third kappa shape index (κ3) is 2.91. The third-order valence-corrected chi connectivity index (χ3v) is 2.82. The number of nitrogens with zero attached hydrogens (tertiary/aromatic N) is 2. The zero-order valence-corrected chi connectivity index (χ0v) is 10.4. The van der Waals surface area contributed by atoms with E-state index in [0.717, 1.165) is 24.2 Å². The number of guanidine groups is 2. The number of aryl methyl sites for hydroxylation is 1. The van der Waals surface area contributed by atoms with Gasteiger partial charge in [-0.05, 0) is 43.5 Å². The van der Waals surface area contributed by atoms with E-state index in [-0.39, 0.29) is 11.9 Å². The number of fused-ring (bicyclic) bond motifs is 1. The lowest BCUT2D eigenvalue weighted by atomic mass is 9.98. The monoisotopic (exact) mass is 246 g/mol. The number of hydrogen-bond donors (Lipinski definition) is 4. The van der Waals surface area contributed by atoms with Crippen molar-refractivity contribution in [3.05, 3.63) is 23.8 Å². The van der Waals surface area contributed by atoms with Gasteiger partial charge in [0.2, 0.25) is 5.96 Å². The van der Waals surface area contributed by atoms with Gasteiger partial charge in [0.05, 0.1) is 5.69 Å². The van der Waals surface area contributed by atoms with Crippen molar-refractivity contribution in [2.75, 3.05) is 5.32 Å². The molecule has 7 N–H and O–H groups in total. The molecular weight excluding hydrogens is 228 g/mol. The van der Waals surface area contributed by atoms with Gasteiger partial charge in [-0.25, -0.2) is 4.99 Å². The highest BCUT2D eigenvalue weighted by molar-refractivity contribution is 5.93. The van der Waals surface area contributed by atoms with Crippen molar-refractivity contribution in [1.29, 1.82) is 0 Å². The van der Waals surface area contributed by atoms with Gasteiger partial charge in [-0.15, -0.1) is 0 Å². The smallest absolute Gasteiger partial charge is 0.223 e. The summed E-state index contributed by atoms with van der Waals surface area (Å²) >= 11 is 0. The first-order chi connectivity index (χ1) is 8.54. The van der Waals surface area contributed by atoms with Gasteiger partial charge in [-0.3, -0.25) is 0 Å². The minimum atomic E-state index is -0.0929. The molecule has 6 nitrogen and oxygen atoms in total. The van der Waals surface area contributed by atoms with Gasteiger partial charge in [0.25, 0.3) is 0 Å². The van der Waals surface area contributed by atoms with Crippen LogP contribution in [0.3, 0.4) is 0 Å². The van der Waals surface area contributed by atoms with Crippen molar-refractivity contribution in [3.63, 3.8) is 0 Å². The van der Waals surface area contributed by atoms with Crippen molar-refractivity contribution in [1.82, 2.24) is 0 Å². The van der Waals surface area contributed by atoms with Gasteiger partial charge >= 0.3 is 0 Å². The Balaban J connectivity index is 2.24. The van der Waals surface area contributed by atoms with Gasteiger partial charge in [-0.1, -0.05) is 0 Å². The molecule has 0 amide bonds. The Hall–Kier alpha value is -2.24. The largest absolute Gasteiger partial charge is 0.382 e. The van der Waals surface area contributed by atoms with E-state index < -0.39 is 0 Å². The van der Waals surface area contributed by atoms with E-state index in [1.54, 1.807) is 0 Å². The Morgan fingerprint density at radius 2 is 2.11 bits per heavy atom. The van der Waals surface area contributed by atoms with Gasteiger partial charge in [0.1, 0.15) is 0 Å². The predicted molar refractivity (Wildman–Crippen MR) is 74.9 cm³/mol. The molecule has 6 heteroatoms. The van der Waals surface area contributed by atoms with Crippen LogP contribution in [0.25, 0.3) is 0 Å². The van der Waals surface area contributed by atoms with Gasteiger partial charge < -0.3 is 22.5 Å². The molecule has 96 valence electrons. The molecule has 1 unspecified atom stereocenters. The normalized spacial score (nSPS) is 18.7. The van der Waals surface area contributed by atoms with Crippen LogP contribution in [0.4, 0.5) is 11.4 Å². The Labute approximate surface area is 106 Å². The highest BCUT2D eigenvalue weighted by Gasteiger charge is 2.13. The molecule has 0 saturated carbocycles. The molecular formula is C12H18N6. The minimum Gasteiger partial charge on any atom is -0.382 e. The Morgan fingerprint density at radius 1 is 1.33 bits per heavy atom. The summed E-state index contributed by atoms with van der Waals surface area (Å²) in [7, 11) is 0. The van der Waals surface area contributed by atoms with Crippen molar-refractivity contribution in [3.8, 4) is 0 Å². The summed E-state index contributed by atoms with van der Waals surface area (Å²) in [5.74, 6) is -0.0308. The zero-order chi connectivity index (χ0) is 13.1. The maximum atomic E-state index is 5.59. The van der Waals surface area contributed by atoms with Gasteiger partial charge in [-0.2, -0.15) is 4.99 Å². The Bertz CT molecular complexity index is 501. The number of nitrogens with one attached hydrogen (secondary N) is 1. The lowest BCUT2D eigenvalue weighted by Gasteiger charge is -2.24. The van der Waals surface area contributed by atoms with Crippen LogP contribution in [0, 0.1) is 0 Å². The zero-order valence-electron chi connectivity index (χ0n) is 10.4. The van der Waals surface area contributed by atoms with Crippen LogP contribution in [0.15, 0.2) is 28.2 Å². The standard InChI is InChI=1S/C12H18N6/c1-7-2-3-8-6-9(4-5-10(8)16-7)17-12(15)18-11(13)14/h4-7,16H,2-3H2,1H3,(H6,13,14,15,17,18). The van der Waals surface area contributed by atoms with Crippen molar-refractivity contribution in [2.45, 2.75) is 25.8 Å². The minimum absolute atomic E-state index is 0.0621. The Kier molecular flexibility index (Phi) is 3.36. The highest BCUT2D eigenvalue weighted by Crippen LogP contribution is 2.28. The van der Waals surface area contributed by atoms with Gasteiger partial charge in [0, 0.05) is 11.7 Å². The molecule has 1 heterocycles. The van der Waals surface area contributed by atoms with E-state index in [2.05, 4.69) is 22.2 Å². The number of nitrogens with two attached hydrogens (primary N) is 3. The molecule has 1 atom stereocenters. The van der Waals surface area contributed by atoms with Crippen LogP contribution in [0.1, 0.15) is 18.9 Å².